The molecule has 0 unspecified atom stereocenters. The molecule has 3 aliphatic rings. The average molecular weight is 1890 g/mol. The lowest BCUT2D eigenvalue weighted by Gasteiger charge is -2.32. The lowest BCUT2D eigenvalue weighted by atomic mass is 9.96. The third-order valence-corrected chi connectivity index (χ3v) is 25.4. The van der Waals surface area contributed by atoms with Crippen molar-refractivity contribution in [3.8, 4) is 0 Å². The summed E-state index contributed by atoms with van der Waals surface area (Å²) in [5.41, 5.74) is 31.6. The number of hydrogen-bond donors (Lipinski definition) is 19. The third kappa shape index (κ3) is 37.0. The van der Waals surface area contributed by atoms with Crippen molar-refractivity contribution in [2.75, 3.05) is 45.8 Å². The monoisotopic (exact) mass is 1890 g/mol. The lowest BCUT2D eigenvalue weighted by Crippen LogP contribution is -2.61. The molecule has 3 heterocycles. The van der Waals surface area contributed by atoms with E-state index in [-0.39, 0.29) is 165 Å². The molecule has 14 amide bonds. The molecule has 8 rings (SSSR count). The fourth-order valence-corrected chi connectivity index (χ4v) is 17.7. The van der Waals surface area contributed by atoms with E-state index in [1.165, 1.54) is 14.7 Å². The standard InChI is InChI=1S/C101H148N22O14/c1-5-67(4)86(120-85(124)52-27-10-8-6-7-9-11-29-53-102)96(134)119-79(60-66(2)3)97(135)121-57-33-49-82(121)93(131)114-76(61-68-36-17-12-18-37-68)90(128)112-74(46-28-30-54-103)89(127)117-80(64-71-42-23-15-24-43-71)98(136)122-58-34-51-84(122)95(133)116-78(63-70-40-21-14-22-41-70)92(130)118-81(65-72-44-25-16-26-45-72)99(137)123-59-35-50-83(123)94(132)115-77(62-69-38-19-13-20-39-69)91(129)113-75(48-32-56-110-101(107)108)88(126)111-73(87(104)125)47-31-55-109-100(105)106/h12-26,36-45,66-67,73-84,86H,5-11,27-35,46-65,102-103H2,1-4H3,(H2,104,125)(H,111,126)(H,112,128)(H,113,129)(H,114,131)(H,115,132)(H,116,133)(H,117,127)(H,118,130)(H,119,134)(H,120,124)(H4,105,106,109)(H4,107,108,110)/t67-,73-,74-,75-,76+,77+,78+,79-,80+,81+,82-,83-,84-,86-/m0/s1. The van der Waals surface area contributed by atoms with E-state index in [1.54, 1.807) is 152 Å². The molecule has 24 N–H and O–H groups in total. The quantitative estimate of drug-likeness (QED) is 0.0150. The number of benzene rings is 5. The number of guanidine groups is 2. The largest absolute Gasteiger partial charge is 0.370 e. The summed E-state index contributed by atoms with van der Waals surface area (Å²) < 4.78 is 0. The number of rotatable bonds is 59. The van der Waals surface area contributed by atoms with Crippen LogP contribution in [0.5, 0.6) is 0 Å². The van der Waals surface area contributed by atoms with Gasteiger partial charge < -0.3 is 107 Å². The van der Waals surface area contributed by atoms with Gasteiger partial charge in [0, 0.05) is 71.2 Å². The SMILES string of the molecule is CC[C@H](C)[C@H](NC(=O)CCCCCCCCCCN)C(=O)N[C@@H](CC(C)C)C(=O)N1CCC[C@H]1C(=O)N[C@H](Cc1ccccc1)C(=O)N[C@@H](CCCCN)C(=O)N[C@H](Cc1ccccc1)C(=O)N1CCC[C@H]1C(=O)N[C@H](Cc1ccccc1)C(=O)N[C@H](Cc1ccccc1)C(=O)N1CCC[C@H]1C(=O)N[C@H](Cc1ccccc1)C(=O)N[C@@H](CCCNC(=N)N)C(=O)N[C@@H](CCCNC(=N)N)C(N)=O. The number of nitrogens with two attached hydrogens (primary N) is 5. The maximum Gasteiger partial charge on any atom is 0.246 e. The van der Waals surface area contributed by atoms with Crippen molar-refractivity contribution in [3.63, 3.8) is 0 Å². The zero-order valence-corrected chi connectivity index (χ0v) is 80.0. The van der Waals surface area contributed by atoms with E-state index in [2.05, 4.69) is 63.8 Å². The van der Waals surface area contributed by atoms with Gasteiger partial charge in [0.25, 0.3) is 0 Å². The van der Waals surface area contributed by atoms with E-state index in [0.29, 0.717) is 79.3 Å². The summed E-state index contributed by atoms with van der Waals surface area (Å²) in [6, 6.07) is 28.1. The van der Waals surface area contributed by atoms with E-state index >= 15 is 43.2 Å². The van der Waals surface area contributed by atoms with Crippen molar-refractivity contribution in [3.05, 3.63) is 179 Å². The van der Waals surface area contributed by atoms with Crippen LogP contribution in [-0.2, 0) is 99.2 Å². The number of unbranched alkanes of at least 4 members (excludes halogenated alkanes) is 8. The Morgan fingerprint density at radius 1 is 0.343 bits per heavy atom. The Hall–Kier alpha value is -12.9. The molecule has 0 saturated carbocycles. The Morgan fingerprint density at radius 2 is 0.635 bits per heavy atom. The fraction of sp³-hybridized carbons (Fsp3) is 0.545. The van der Waals surface area contributed by atoms with Crippen molar-refractivity contribution in [2.45, 2.75) is 292 Å². The highest BCUT2D eigenvalue weighted by atomic mass is 16.2. The summed E-state index contributed by atoms with van der Waals surface area (Å²) in [6.45, 7) is 9.16. The van der Waals surface area contributed by atoms with Crippen LogP contribution in [0.25, 0.3) is 0 Å². The highest BCUT2D eigenvalue weighted by Crippen LogP contribution is 2.27. The molecule has 3 aliphatic heterocycles. The van der Waals surface area contributed by atoms with Crippen LogP contribution in [0.4, 0.5) is 0 Å². The molecule has 36 heteroatoms. The summed E-state index contributed by atoms with van der Waals surface area (Å²) in [5, 5.41) is 49.4. The Labute approximate surface area is 805 Å². The molecule has 3 fully saturated rings. The van der Waals surface area contributed by atoms with Crippen LogP contribution in [-0.4, -0.2) is 234 Å². The number of carbonyl (C=O) groups excluding carboxylic acids is 14. The van der Waals surface area contributed by atoms with Crippen LogP contribution in [0.1, 0.15) is 210 Å². The van der Waals surface area contributed by atoms with Crippen molar-refractivity contribution in [2.24, 2.45) is 40.5 Å². The van der Waals surface area contributed by atoms with Crippen LogP contribution < -0.4 is 92.5 Å². The first-order valence-electron chi connectivity index (χ1n) is 48.9. The van der Waals surface area contributed by atoms with Crippen LogP contribution >= 0.6 is 0 Å². The molecule has 0 spiro atoms. The molecular formula is C101H148N22O14. The Kier molecular flexibility index (Phi) is 46.8. The molecule has 5 aromatic rings. The van der Waals surface area contributed by atoms with Crippen LogP contribution in [0.2, 0.25) is 0 Å². The minimum absolute atomic E-state index is 0.0331. The number of nitrogens with zero attached hydrogens (tertiary/aromatic N) is 3. The first kappa shape index (κ1) is 109. The predicted octanol–water partition coefficient (Wildman–Crippen LogP) is 3.72. The summed E-state index contributed by atoms with van der Waals surface area (Å²) in [6.07, 6.45) is 11.5. The normalized spacial score (nSPS) is 17.0. The first-order valence-corrected chi connectivity index (χ1v) is 48.9. The van der Waals surface area contributed by atoms with E-state index in [4.69, 9.17) is 39.5 Å². The zero-order valence-electron chi connectivity index (χ0n) is 80.0. The van der Waals surface area contributed by atoms with Crippen molar-refractivity contribution < 1.29 is 67.1 Å². The van der Waals surface area contributed by atoms with Crippen LogP contribution in [0.3, 0.4) is 0 Å². The molecule has 3 saturated heterocycles. The second-order valence-electron chi connectivity index (χ2n) is 36.6. The van der Waals surface area contributed by atoms with Gasteiger partial charge in [-0.1, -0.05) is 224 Å². The smallest absolute Gasteiger partial charge is 0.246 e. The van der Waals surface area contributed by atoms with E-state index in [0.717, 1.165) is 44.9 Å². The second-order valence-corrected chi connectivity index (χ2v) is 36.6. The zero-order chi connectivity index (χ0) is 99.1. The van der Waals surface area contributed by atoms with Gasteiger partial charge in [0.05, 0.1) is 0 Å². The number of primary amides is 1. The second kappa shape index (κ2) is 58.5. The van der Waals surface area contributed by atoms with Gasteiger partial charge in [-0.15, -0.1) is 0 Å². The third-order valence-electron chi connectivity index (χ3n) is 25.4. The summed E-state index contributed by atoms with van der Waals surface area (Å²) in [5.74, 6) is -10.3. The molecule has 0 bridgehead atoms. The van der Waals surface area contributed by atoms with Gasteiger partial charge in [0.15, 0.2) is 11.9 Å². The van der Waals surface area contributed by atoms with Gasteiger partial charge in [0.1, 0.15) is 78.5 Å². The van der Waals surface area contributed by atoms with Crippen LogP contribution in [0, 0.1) is 22.7 Å². The van der Waals surface area contributed by atoms with Gasteiger partial charge in [0.2, 0.25) is 82.7 Å². The molecule has 0 radical (unpaired) electrons. The van der Waals surface area contributed by atoms with Gasteiger partial charge in [-0.2, -0.15) is 0 Å². The molecule has 746 valence electrons. The molecule has 36 nitrogen and oxygen atoms in total. The van der Waals surface area contributed by atoms with Gasteiger partial charge in [-0.25, -0.2) is 0 Å². The maximum atomic E-state index is 15.7. The molecule has 14 atom stereocenters. The molecule has 0 aromatic heterocycles. The highest BCUT2D eigenvalue weighted by Gasteiger charge is 2.45. The summed E-state index contributed by atoms with van der Waals surface area (Å²) >= 11 is 0. The summed E-state index contributed by atoms with van der Waals surface area (Å²) in [4.78, 5) is 212. The van der Waals surface area contributed by atoms with Gasteiger partial charge in [-0.05, 0) is 155 Å². The van der Waals surface area contributed by atoms with Gasteiger partial charge >= 0.3 is 0 Å². The number of hydrogen-bond acceptors (Lipinski definition) is 18. The van der Waals surface area contributed by atoms with Crippen molar-refractivity contribution >= 4 is 94.6 Å². The number of amides is 14. The van der Waals surface area contributed by atoms with E-state index in [1.807, 2.05) is 27.7 Å². The number of carbonyl (C=O) groups is 14. The average Bonchev–Trinajstić information content (AvgIpc) is 1.71. The first-order chi connectivity index (χ1) is 65.9. The topological polar surface area (TPSA) is 571 Å². The van der Waals surface area contributed by atoms with E-state index in [9.17, 15) is 24.0 Å². The fourth-order valence-electron chi connectivity index (χ4n) is 17.7. The highest BCUT2D eigenvalue weighted by molar-refractivity contribution is 6.01. The van der Waals surface area contributed by atoms with Gasteiger partial charge in [-0.3, -0.25) is 77.9 Å². The molecular weight excluding hydrogens is 1750 g/mol. The Balaban J connectivity index is 0.998. The minimum atomic E-state index is -1.40. The minimum Gasteiger partial charge on any atom is -0.370 e. The Bertz CT molecular complexity index is 4720. The lowest BCUT2D eigenvalue weighted by molar-refractivity contribution is -0.143. The number of likely N-dealkylation sites (tertiary alicyclic amines) is 3. The molecule has 0 aliphatic carbocycles. The van der Waals surface area contributed by atoms with E-state index < -0.39 is 155 Å². The van der Waals surface area contributed by atoms with Crippen molar-refractivity contribution in [1.29, 1.82) is 10.8 Å². The molecule has 5 aromatic carbocycles. The predicted molar refractivity (Wildman–Crippen MR) is 524 cm³/mol. The number of nitrogens with one attached hydrogen (secondary N) is 14. The van der Waals surface area contributed by atoms with Crippen molar-refractivity contribution in [1.82, 2.24) is 78.5 Å². The Morgan fingerprint density at radius 3 is 0.971 bits per heavy atom. The maximum absolute atomic E-state index is 15.7. The summed E-state index contributed by atoms with van der Waals surface area (Å²) in [7, 11) is 0. The van der Waals surface area contributed by atoms with Crippen LogP contribution in [0.15, 0.2) is 152 Å². The molecule has 137 heavy (non-hydrogen) atoms.